The first kappa shape index (κ1) is 15.2. The fraction of sp³-hybridized carbons (Fsp3) is 0.412. The summed E-state index contributed by atoms with van der Waals surface area (Å²) in [4.78, 5) is 17.8. The Bertz CT molecular complexity index is 713. The van der Waals surface area contributed by atoms with Gasteiger partial charge in [0.2, 0.25) is 0 Å². The van der Waals surface area contributed by atoms with Gasteiger partial charge in [-0.25, -0.2) is 4.98 Å². The van der Waals surface area contributed by atoms with Gasteiger partial charge in [0.1, 0.15) is 0 Å². The number of amides is 1. The Morgan fingerprint density at radius 2 is 2.17 bits per heavy atom. The maximum Gasteiger partial charge on any atom is 0.251 e. The molecule has 2 N–H and O–H groups in total. The van der Waals surface area contributed by atoms with Crippen LogP contribution in [-0.4, -0.2) is 29.0 Å². The fourth-order valence-corrected chi connectivity index (χ4v) is 5.34. The first-order chi connectivity index (χ1) is 11.2. The molecule has 2 bridgehead atoms. The van der Waals surface area contributed by atoms with Gasteiger partial charge in [0.25, 0.3) is 5.91 Å². The zero-order chi connectivity index (χ0) is 15.8. The first-order valence-electron chi connectivity index (χ1n) is 7.94. The molecule has 2 aromatic rings. The van der Waals surface area contributed by atoms with Gasteiger partial charge in [-0.15, -0.1) is 11.3 Å². The summed E-state index contributed by atoms with van der Waals surface area (Å²) >= 11 is 3.37. The molecule has 0 aliphatic carbocycles. The number of nitrogens with zero attached hydrogens (tertiary/aromatic N) is 1. The lowest BCUT2D eigenvalue weighted by molar-refractivity contribution is 0.0931. The largest absolute Gasteiger partial charge is 0.348 e. The van der Waals surface area contributed by atoms with Gasteiger partial charge in [-0.2, -0.15) is 0 Å². The number of hydrogen-bond acceptors (Lipinski definition) is 5. The van der Waals surface area contributed by atoms with Crippen LogP contribution in [0.1, 0.15) is 34.6 Å². The molecular weight excluding hydrogens is 326 g/mol. The molecule has 4 rings (SSSR count). The number of aromatic nitrogens is 1. The maximum absolute atomic E-state index is 12.4. The molecule has 2 aliphatic rings. The molecule has 2 aliphatic heterocycles. The van der Waals surface area contributed by atoms with E-state index in [9.17, 15) is 4.79 Å². The van der Waals surface area contributed by atoms with Gasteiger partial charge in [0.05, 0.1) is 15.4 Å². The molecule has 0 unspecified atom stereocenters. The van der Waals surface area contributed by atoms with Crippen molar-refractivity contribution in [2.45, 2.75) is 53.4 Å². The molecule has 0 saturated carbocycles. The van der Waals surface area contributed by atoms with Crippen molar-refractivity contribution < 1.29 is 4.79 Å². The van der Waals surface area contributed by atoms with Crippen molar-refractivity contribution in [1.29, 1.82) is 0 Å². The van der Waals surface area contributed by atoms with Crippen molar-refractivity contribution in [3.8, 4) is 0 Å². The summed E-state index contributed by atoms with van der Waals surface area (Å²) in [5.74, 6) is 0.0366. The Balaban J connectivity index is 1.38. The predicted octanol–water partition coefficient (Wildman–Crippen LogP) is 3.23. The number of aryl methyl sites for hydroxylation is 1. The van der Waals surface area contributed by atoms with Crippen LogP contribution in [0.25, 0.3) is 0 Å². The number of nitrogens with one attached hydrogen (secondary N) is 2. The van der Waals surface area contributed by atoms with Crippen LogP contribution in [0.5, 0.6) is 0 Å². The summed E-state index contributed by atoms with van der Waals surface area (Å²) in [5.41, 5.74) is 0.734. The average molecular weight is 345 g/mol. The van der Waals surface area contributed by atoms with Gasteiger partial charge in [0, 0.05) is 28.6 Å². The summed E-state index contributed by atoms with van der Waals surface area (Å²) < 4.78 is 1.17. The van der Waals surface area contributed by atoms with Crippen LogP contribution < -0.4 is 10.6 Å². The normalized spacial score (nSPS) is 25.7. The Morgan fingerprint density at radius 3 is 2.78 bits per heavy atom. The quantitative estimate of drug-likeness (QED) is 0.893. The van der Waals surface area contributed by atoms with Crippen LogP contribution in [0.3, 0.4) is 0 Å². The lowest BCUT2D eigenvalue weighted by Gasteiger charge is -2.21. The number of thiazole rings is 1. The molecule has 0 radical (unpaired) electrons. The molecule has 3 heterocycles. The Morgan fingerprint density at radius 1 is 1.35 bits per heavy atom. The third kappa shape index (κ3) is 3.29. The molecule has 1 amide bonds. The van der Waals surface area contributed by atoms with Gasteiger partial charge < -0.3 is 10.6 Å². The molecule has 1 aromatic carbocycles. The van der Waals surface area contributed by atoms with Crippen LogP contribution in [0.4, 0.5) is 0 Å². The second-order valence-corrected chi connectivity index (χ2v) is 8.80. The molecule has 6 heteroatoms. The van der Waals surface area contributed by atoms with Crippen molar-refractivity contribution in [2.75, 3.05) is 0 Å². The molecule has 2 fully saturated rings. The molecule has 4 nitrogen and oxygen atoms in total. The van der Waals surface area contributed by atoms with Gasteiger partial charge in [-0.1, -0.05) is 11.8 Å². The Kier molecular flexibility index (Phi) is 4.13. The molecule has 3 atom stereocenters. The van der Waals surface area contributed by atoms with Crippen LogP contribution in [0.15, 0.2) is 39.6 Å². The van der Waals surface area contributed by atoms with Crippen LogP contribution in [0, 0.1) is 6.92 Å². The highest BCUT2D eigenvalue weighted by molar-refractivity contribution is 8.01. The highest BCUT2D eigenvalue weighted by atomic mass is 32.2. The summed E-state index contributed by atoms with van der Waals surface area (Å²) in [6, 6.07) is 9.19. The van der Waals surface area contributed by atoms with E-state index in [0.29, 0.717) is 12.1 Å². The van der Waals surface area contributed by atoms with Crippen molar-refractivity contribution in [2.24, 2.45) is 0 Å². The smallest absolute Gasteiger partial charge is 0.251 e. The van der Waals surface area contributed by atoms with Gasteiger partial charge in [-0.05, 0) is 50.5 Å². The molecular formula is C17H19N3OS2. The monoisotopic (exact) mass is 345 g/mol. The van der Waals surface area contributed by atoms with E-state index in [1.54, 1.807) is 23.1 Å². The van der Waals surface area contributed by atoms with Crippen molar-refractivity contribution in [1.82, 2.24) is 15.6 Å². The number of fused-ring (bicyclic) bond motifs is 2. The molecule has 2 saturated heterocycles. The standard InChI is InChI=1S/C17H19N3OS2/c1-10-18-9-16(22-10)23-13-5-2-11(3-6-13)17(21)20-15-8-12-4-7-14(15)19-12/h2-3,5-6,9,12,14-15,19H,4,7-8H2,1H3,(H,20,21)/t12-,14+,15-/m1/s1. The predicted molar refractivity (Wildman–Crippen MR) is 93.2 cm³/mol. The molecule has 120 valence electrons. The average Bonchev–Trinajstić information content (AvgIpc) is 3.25. The van der Waals surface area contributed by atoms with Gasteiger partial charge >= 0.3 is 0 Å². The van der Waals surface area contributed by atoms with E-state index in [0.717, 1.165) is 21.9 Å². The number of carbonyl (C=O) groups is 1. The minimum atomic E-state index is 0.0366. The van der Waals surface area contributed by atoms with Crippen LogP contribution in [-0.2, 0) is 0 Å². The zero-order valence-electron chi connectivity index (χ0n) is 12.9. The summed E-state index contributed by atoms with van der Waals surface area (Å²) in [5, 5.41) is 7.81. The second-order valence-electron chi connectivity index (χ2n) is 6.19. The minimum absolute atomic E-state index is 0.0366. The van der Waals surface area contributed by atoms with E-state index >= 15 is 0 Å². The van der Waals surface area contributed by atoms with Gasteiger partial charge in [0.15, 0.2) is 0 Å². The van der Waals surface area contributed by atoms with E-state index in [2.05, 4.69) is 15.6 Å². The third-order valence-corrected chi connectivity index (χ3v) is 6.57. The van der Waals surface area contributed by atoms with E-state index < -0.39 is 0 Å². The topological polar surface area (TPSA) is 54.0 Å². The lowest BCUT2D eigenvalue weighted by Crippen LogP contribution is -2.42. The number of rotatable bonds is 4. The fourth-order valence-electron chi connectivity index (χ4n) is 3.41. The molecule has 1 aromatic heterocycles. The SMILES string of the molecule is Cc1ncc(Sc2ccc(C(=O)N[C@@H]3C[C@H]4CC[C@@H]3N4)cc2)s1. The third-order valence-electron chi connectivity index (χ3n) is 4.55. The summed E-state index contributed by atoms with van der Waals surface area (Å²) in [6.07, 6.45) is 5.39. The number of carbonyl (C=O) groups excluding carboxylic acids is 1. The number of hydrogen-bond donors (Lipinski definition) is 2. The first-order valence-corrected chi connectivity index (χ1v) is 9.58. The van der Waals surface area contributed by atoms with E-state index in [1.165, 1.54) is 17.1 Å². The zero-order valence-corrected chi connectivity index (χ0v) is 14.5. The van der Waals surface area contributed by atoms with Crippen molar-refractivity contribution >= 4 is 29.0 Å². The van der Waals surface area contributed by atoms with E-state index in [4.69, 9.17) is 0 Å². The number of benzene rings is 1. The van der Waals surface area contributed by atoms with Crippen molar-refractivity contribution in [3.63, 3.8) is 0 Å². The minimum Gasteiger partial charge on any atom is -0.348 e. The van der Waals surface area contributed by atoms with Gasteiger partial charge in [-0.3, -0.25) is 4.79 Å². The Hall–Kier alpha value is -1.37. The second kappa shape index (κ2) is 6.26. The Labute approximate surface area is 144 Å². The van der Waals surface area contributed by atoms with Crippen LogP contribution in [0.2, 0.25) is 0 Å². The van der Waals surface area contributed by atoms with E-state index in [-0.39, 0.29) is 11.9 Å². The van der Waals surface area contributed by atoms with Crippen LogP contribution >= 0.6 is 23.1 Å². The molecule has 23 heavy (non-hydrogen) atoms. The summed E-state index contributed by atoms with van der Waals surface area (Å²) in [6.45, 7) is 2.01. The summed E-state index contributed by atoms with van der Waals surface area (Å²) in [7, 11) is 0. The highest BCUT2D eigenvalue weighted by Gasteiger charge is 2.39. The highest BCUT2D eigenvalue weighted by Crippen LogP contribution is 2.32. The van der Waals surface area contributed by atoms with Crippen molar-refractivity contribution in [3.05, 3.63) is 41.0 Å². The maximum atomic E-state index is 12.4. The lowest BCUT2D eigenvalue weighted by atomic mass is 9.95. The molecule has 0 spiro atoms. The van der Waals surface area contributed by atoms with E-state index in [1.807, 2.05) is 37.4 Å².